The van der Waals surface area contributed by atoms with Crippen LogP contribution in [0.5, 0.6) is 0 Å². The fourth-order valence-electron chi connectivity index (χ4n) is 6.02. The van der Waals surface area contributed by atoms with Crippen molar-refractivity contribution in [2.24, 2.45) is 23.2 Å². The van der Waals surface area contributed by atoms with Gasteiger partial charge in [-0.2, -0.15) is 0 Å². The number of esters is 4. The van der Waals surface area contributed by atoms with Crippen molar-refractivity contribution in [1.82, 2.24) is 0 Å². The highest BCUT2D eigenvalue weighted by Gasteiger charge is 2.66. The van der Waals surface area contributed by atoms with Crippen LogP contribution in [0.4, 0.5) is 0 Å². The van der Waals surface area contributed by atoms with E-state index in [-0.39, 0.29) is 23.7 Å². The van der Waals surface area contributed by atoms with Crippen molar-refractivity contribution in [2.75, 3.05) is 13.2 Å². The monoisotopic (exact) mass is 568 g/mol. The van der Waals surface area contributed by atoms with Gasteiger partial charge in [-0.3, -0.25) is 9.59 Å². The number of carbonyl (C=O) groups is 4. The summed E-state index contributed by atoms with van der Waals surface area (Å²) in [5.41, 5.74) is -0.753. The number of hydrogen-bond donors (Lipinski definition) is 0. The van der Waals surface area contributed by atoms with Crippen LogP contribution in [-0.4, -0.2) is 73.6 Å². The maximum atomic E-state index is 12.8. The molecule has 3 aliphatic heterocycles. The molecule has 1 spiro atoms. The average molecular weight is 569 g/mol. The third-order valence-corrected chi connectivity index (χ3v) is 8.65. The molecule has 3 heterocycles. The van der Waals surface area contributed by atoms with Gasteiger partial charge < -0.3 is 33.2 Å². The van der Waals surface area contributed by atoms with Crippen molar-refractivity contribution in [3.05, 3.63) is 0 Å². The van der Waals surface area contributed by atoms with Gasteiger partial charge in [0, 0.05) is 12.8 Å². The number of ether oxygens (including phenoxy) is 7. The molecule has 0 aromatic heterocycles. The molecule has 40 heavy (non-hydrogen) atoms. The lowest BCUT2D eigenvalue weighted by molar-refractivity contribution is -0.249. The van der Waals surface area contributed by atoms with E-state index in [9.17, 15) is 19.2 Å². The van der Waals surface area contributed by atoms with Gasteiger partial charge in [0.15, 0.2) is 30.9 Å². The van der Waals surface area contributed by atoms with Crippen LogP contribution in [0, 0.1) is 23.2 Å². The van der Waals surface area contributed by atoms with E-state index in [2.05, 4.69) is 0 Å². The zero-order valence-corrected chi connectivity index (χ0v) is 24.5. The predicted octanol–water partition coefficient (Wildman–Crippen LogP) is 3.45. The predicted molar refractivity (Wildman–Crippen MR) is 138 cm³/mol. The Morgan fingerprint density at radius 2 is 1.73 bits per heavy atom. The molecule has 11 heteroatoms. The minimum atomic E-state index is -1.31. The lowest BCUT2D eigenvalue weighted by Crippen LogP contribution is -2.42. The van der Waals surface area contributed by atoms with Crippen molar-refractivity contribution < 1.29 is 52.3 Å². The first-order valence-corrected chi connectivity index (χ1v) is 14.6. The lowest BCUT2D eigenvalue weighted by Gasteiger charge is -2.35. The van der Waals surface area contributed by atoms with E-state index in [0.717, 1.165) is 12.8 Å². The summed E-state index contributed by atoms with van der Waals surface area (Å²) in [6.45, 7) is 11.6. The van der Waals surface area contributed by atoms with Gasteiger partial charge in [0.2, 0.25) is 6.10 Å². The van der Waals surface area contributed by atoms with E-state index in [0.29, 0.717) is 38.7 Å². The molecular formula is C29H44O11. The summed E-state index contributed by atoms with van der Waals surface area (Å²) >= 11 is 0. The molecule has 1 saturated carbocycles. The first kappa shape index (κ1) is 30.7. The Bertz CT molecular complexity index is 954. The highest BCUT2D eigenvalue weighted by atomic mass is 16.9. The third kappa shape index (κ3) is 6.31. The quantitative estimate of drug-likeness (QED) is 0.206. The normalized spacial score (nSPS) is 34.4. The third-order valence-electron chi connectivity index (χ3n) is 8.65. The van der Waals surface area contributed by atoms with Crippen LogP contribution in [0.1, 0.15) is 86.5 Å². The van der Waals surface area contributed by atoms with Crippen molar-refractivity contribution in [3.8, 4) is 0 Å². The molecular weight excluding hydrogens is 524 g/mol. The average Bonchev–Trinajstić information content (AvgIpc) is 3.50. The lowest BCUT2D eigenvalue weighted by atomic mass is 9.73. The molecule has 0 N–H and O–H groups in total. The fraction of sp³-hybridized carbons (Fsp3) is 0.862. The van der Waals surface area contributed by atoms with Gasteiger partial charge in [0.05, 0.1) is 17.9 Å². The van der Waals surface area contributed by atoms with Crippen molar-refractivity contribution >= 4 is 23.9 Å². The summed E-state index contributed by atoms with van der Waals surface area (Å²) in [6, 6.07) is 0. The molecule has 3 saturated heterocycles. The minimum absolute atomic E-state index is 0.00764. The SMILES string of the molecule is CCCCOC(=O)C1CCC2(CC1)OC1OC3C(OC(=O)COC(=O)C(C)(CC(C)C)C(C)C)C(=O)OC3C1O2. The summed E-state index contributed by atoms with van der Waals surface area (Å²) in [4.78, 5) is 50.3. The summed E-state index contributed by atoms with van der Waals surface area (Å²) in [7, 11) is 0. The summed E-state index contributed by atoms with van der Waals surface area (Å²) in [5, 5.41) is 0. The Hall–Kier alpha value is -2.24. The Kier molecular flexibility index (Phi) is 9.46. The number of carbonyl (C=O) groups excluding carboxylic acids is 4. The largest absolute Gasteiger partial charge is 0.465 e. The highest BCUT2D eigenvalue weighted by Crippen LogP contribution is 2.49. The van der Waals surface area contributed by atoms with Gasteiger partial charge in [0.1, 0.15) is 6.10 Å². The molecule has 0 bridgehead atoms. The van der Waals surface area contributed by atoms with Crippen LogP contribution in [0.15, 0.2) is 0 Å². The highest BCUT2D eigenvalue weighted by molar-refractivity contribution is 5.84. The Morgan fingerprint density at radius 3 is 2.35 bits per heavy atom. The number of unbranched alkanes of at least 4 members (excludes halogenated alkanes) is 1. The van der Waals surface area contributed by atoms with Gasteiger partial charge in [-0.1, -0.05) is 41.0 Å². The van der Waals surface area contributed by atoms with Gasteiger partial charge in [0.25, 0.3) is 0 Å². The Morgan fingerprint density at radius 1 is 1.02 bits per heavy atom. The van der Waals surface area contributed by atoms with Crippen molar-refractivity contribution in [1.29, 1.82) is 0 Å². The number of fused-ring (bicyclic) bond motifs is 3. The Labute approximate surface area is 235 Å². The molecule has 0 amide bonds. The van der Waals surface area contributed by atoms with Crippen LogP contribution in [0.25, 0.3) is 0 Å². The van der Waals surface area contributed by atoms with Crippen molar-refractivity contribution in [2.45, 2.75) is 123 Å². The molecule has 4 rings (SSSR count). The van der Waals surface area contributed by atoms with Crippen LogP contribution in [0.3, 0.4) is 0 Å². The standard InChI is InChI=1S/C29H44O11/c1-7-8-13-34-24(31)18-9-11-29(12-10-18)39-23-21-20(38-26(23)40-29)22(25(32)37-21)36-19(30)15-35-27(33)28(6,17(4)5)14-16(2)3/h16-18,20-23,26H,7-15H2,1-6H3. The smallest absolute Gasteiger partial charge is 0.350 e. The van der Waals surface area contributed by atoms with E-state index < -0.39 is 66.4 Å². The number of rotatable bonds is 11. The van der Waals surface area contributed by atoms with Crippen LogP contribution >= 0.6 is 0 Å². The maximum absolute atomic E-state index is 12.8. The second-order valence-electron chi connectivity index (χ2n) is 12.4. The molecule has 6 unspecified atom stereocenters. The molecule has 4 aliphatic rings. The number of hydrogen-bond acceptors (Lipinski definition) is 11. The van der Waals surface area contributed by atoms with Crippen LogP contribution in [-0.2, 0) is 52.3 Å². The zero-order valence-electron chi connectivity index (χ0n) is 24.5. The van der Waals surface area contributed by atoms with Gasteiger partial charge in [-0.15, -0.1) is 0 Å². The topological polar surface area (TPSA) is 133 Å². The van der Waals surface area contributed by atoms with Gasteiger partial charge in [-0.05, 0) is 44.4 Å². The second-order valence-corrected chi connectivity index (χ2v) is 12.4. The minimum Gasteiger partial charge on any atom is -0.465 e. The molecule has 226 valence electrons. The van der Waals surface area contributed by atoms with E-state index in [4.69, 9.17) is 33.2 Å². The molecule has 0 aromatic rings. The van der Waals surface area contributed by atoms with E-state index in [1.807, 2.05) is 41.5 Å². The van der Waals surface area contributed by atoms with E-state index in [1.54, 1.807) is 0 Å². The maximum Gasteiger partial charge on any atom is 0.350 e. The molecule has 6 atom stereocenters. The van der Waals surface area contributed by atoms with E-state index >= 15 is 0 Å². The zero-order chi connectivity index (χ0) is 29.2. The first-order valence-electron chi connectivity index (χ1n) is 14.6. The molecule has 1 aliphatic carbocycles. The van der Waals surface area contributed by atoms with Crippen LogP contribution < -0.4 is 0 Å². The summed E-state index contributed by atoms with van der Waals surface area (Å²) < 4.78 is 39.8. The van der Waals surface area contributed by atoms with Crippen molar-refractivity contribution in [3.63, 3.8) is 0 Å². The summed E-state index contributed by atoms with van der Waals surface area (Å²) in [6.07, 6.45) is 0.0187. The van der Waals surface area contributed by atoms with Gasteiger partial charge in [-0.25, -0.2) is 9.59 Å². The first-order chi connectivity index (χ1) is 18.9. The molecule has 4 fully saturated rings. The molecule has 0 radical (unpaired) electrons. The van der Waals surface area contributed by atoms with E-state index in [1.165, 1.54) is 0 Å². The second kappa shape index (κ2) is 12.3. The van der Waals surface area contributed by atoms with Crippen LogP contribution in [0.2, 0.25) is 0 Å². The molecule has 0 aromatic carbocycles. The fourth-order valence-corrected chi connectivity index (χ4v) is 6.02. The summed E-state index contributed by atoms with van der Waals surface area (Å²) in [5.74, 6) is -3.13. The Balaban J connectivity index is 1.27. The van der Waals surface area contributed by atoms with Gasteiger partial charge >= 0.3 is 23.9 Å². The molecule has 11 nitrogen and oxygen atoms in total.